The van der Waals surface area contributed by atoms with Crippen LogP contribution in [0.15, 0.2) is 35.8 Å². The lowest BCUT2D eigenvalue weighted by Gasteiger charge is -2.29. The van der Waals surface area contributed by atoms with E-state index in [1.807, 2.05) is 6.07 Å². The van der Waals surface area contributed by atoms with Crippen LogP contribution < -0.4 is 20.7 Å². The van der Waals surface area contributed by atoms with E-state index < -0.39 is 0 Å². The summed E-state index contributed by atoms with van der Waals surface area (Å²) in [7, 11) is 1.58. The van der Waals surface area contributed by atoms with Crippen molar-refractivity contribution in [1.29, 1.82) is 0 Å². The number of ether oxygens (including phenoxy) is 1. The van der Waals surface area contributed by atoms with E-state index in [9.17, 15) is 4.79 Å². The van der Waals surface area contributed by atoms with E-state index >= 15 is 0 Å². The Kier molecular flexibility index (Phi) is 7.18. The number of nitrogens with zero attached hydrogens (tertiary/aromatic N) is 3. The highest BCUT2D eigenvalue weighted by Gasteiger charge is 2.25. The fraction of sp³-hybridized carbons (Fsp3) is 0.407. The van der Waals surface area contributed by atoms with Gasteiger partial charge >= 0.3 is 6.03 Å². The summed E-state index contributed by atoms with van der Waals surface area (Å²) in [6.07, 6.45) is 4.09. The van der Waals surface area contributed by atoms with E-state index in [-0.39, 0.29) is 6.03 Å². The molecule has 0 aliphatic heterocycles. The second-order valence-electron chi connectivity index (χ2n) is 9.55. The molecule has 0 spiro atoms. The minimum Gasteiger partial charge on any atom is -0.494 e. The van der Waals surface area contributed by atoms with Crippen molar-refractivity contribution in [2.24, 2.45) is 11.8 Å². The fourth-order valence-electron chi connectivity index (χ4n) is 4.90. The summed E-state index contributed by atoms with van der Waals surface area (Å²) in [6.45, 7) is 5.92. The van der Waals surface area contributed by atoms with E-state index in [2.05, 4.69) is 58.0 Å². The fourth-order valence-corrected chi connectivity index (χ4v) is 5.57. The highest BCUT2D eigenvalue weighted by atomic mass is 32.1. The van der Waals surface area contributed by atoms with Gasteiger partial charge in [-0.15, -0.1) is 11.3 Å². The van der Waals surface area contributed by atoms with Gasteiger partial charge in [-0.1, -0.05) is 32.0 Å². The molecule has 1 aliphatic rings. The van der Waals surface area contributed by atoms with Gasteiger partial charge in [-0.25, -0.2) is 14.8 Å². The normalized spacial score (nSPS) is 15.2. The largest absolute Gasteiger partial charge is 0.494 e. The van der Waals surface area contributed by atoms with Gasteiger partial charge in [0.1, 0.15) is 16.2 Å². The van der Waals surface area contributed by atoms with Gasteiger partial charge in [-0.2, -0.15) is 0 Å². The molecule has 0 saturated heterocycles. The third-order valence-electron chi connectivity index (χ3n) is 6.92. The topological polar surface area (TPSA) is 101 Å². The molecule has 188 valence electrons. The Labute approximate surface area is 214 Å². The number of fused-ring (bicyclic) bond motifs is 3. The van der Waals surface area contributed by atoms with Crippen molar-refractivity contribution in [3.05, 3.63) is 47.1 Å². The van der Waals surface area contributed by atoms with Crippen molar-refractivity contribution < 1.29 is 9.53 Å². The van der Waals surface area contributed by atoms with Gasteiger partial charge in [-0.3, -0.25) is 10.3 Å². The molecular formula is C27H32N6O2S. The quantitative estimate of drug-likeness (QED) is 0.269. The van der Waals surface area contributed by atoms with Gasteiger partial charge in [0.2, 0.25) is 0 Å². The molecule has 0 fully saturated rings. The molecule has 0 radical (unpaired) electrons. The molecule has 8 nitrogen and oxygen atoms in total. The maximum absolute atomic E-state index is 12.4. The average molecular weight is 505 g/mol. The Morgan fingerprint density at radius 2 is 2.08 bits per heavy atom. The first kappa shape index (κ1) is 24.2. The van der Waals surface area contributed by atoms with E-state index in [0.29, 0.717) is 35.5 Å². The summed E-state index contributed by atoms with van der Waals surface area (Å²) in [6, 6.07) is 9.75. The zero-order chi connectivity index (χ0) is 25.1. The van der Waals surface area contributed by atoms with Crippen molar-refractivity contribution >= 4 is 50.1 Å². The number of anilines is 2. The molecule has 0 saturated carbocycles. The van der Waals surface area contributed by atoms with Crippen LogP contribution in [0, 0.1) is 11.8 Å². The van der Waals surface area contributed by atoms with Crippen LogP contribution in [0.25, 0.3) is 21.3 Å². The number of rotatable bonds is 8. The molecule has 2 amide bonds. The number of para-hydroxylation sites is 1. The Hall–Kier alpha value is -3.46. The van der Waals surface area contributed by atoms with Crippen molar-refractivity contribution in [3.8, 4) is 5.75 Å². The third kappa shape index (κ3) is 5.06. The second-order valence-corrected chi connectivity index (χ2v) is 10.4. The van der Waals surface area contributed by atoms with Crippen LogP contribution in [0.2, 0.25) is 0 Å². The summed E-state index contributed by atoms with van der Waals surface area (Å²) in [5.74, 6) is 2.38. The number of amides is 2. The Bertz CT molecular complexity index is 1390. The van der Waals surface area contributed by atoms with Crippen LogP contribution in [0.5, 0.6) is 5.75 Å². The summed E-state index contributed by atoms with van der Waals surface area (Å²) in [5.41, 5.74) is 7.25. The monoisotopic (exact) mass is 504 g/mol. The molecule has 9 heteroatoms. The van der Waals surface area contributed by atoms with E-state index in [4.69, 9.17) is 9.72 Å². The third-order valence-corrected chi connectivity index (χ3v) is 7.64. The van der Waals surface area contributed by atoms with E-state index in [1.165, 1.54) is 40.1 Å². The van der Waals surface area contributed by atoms with Gasteiger partial charge in [0, 0.05) is 35.9 Å². The number of hydrogen-bond donors (Lipinski definition) is 3. The standard InChI is InChI=1S/C27H32N6O2S/c1-16(2)17-9-10-19-21(13-17)31-20-8-5-4-7-18(20)24(19)28-11-6-12-29-27(34)33-23-14-22(35-3)25-26(32-23)36-15-30-25/h4-5,7-8,14-17H,6,9-13H2,1-3H3,(H,28,31)(H2,29,32,33,34). The lowest BCUT2D eigenvalue weighted by Crippen LogP contribution is -2.30. The lowest BCUT2D eigenvalue weighted by molar-refractivity contribution is 0.252. The van der Waals surface area contributed by atoms with Crippen LogP contribution in [0.1, 0.15) is 37.9 Å². The van der Waals surface area contributed by atoms with Crippen LogP contribution in [-0.4, -0.2) is 41.2 Å². The number of thiazole rings is 1. The molecular weight excluding hydrogens is 472 g/mol. The van der Waals surface area contributed by atoms with Crippen molar-refractivity contribution in [3.63, 3.8) is 0 Å². The van der Waals surface area contributed by atoms with Gasteiger partial charge in [0.05, 0.1) is 18.1 Å². The van der Waals surface area contributed by atoms with E-state index in [0.717, 1.165) is 36.2 Å². The molecule has 3 heterocycles. The molecule has 1 aliphatic carbocycles. The number of hydrogen-bond acceptors (Lipinski definition) is 7. The lowest BCUT2D eigenvalue weighted by atomic mass is 9.79. The first-order chi connectivity index (χ1) is 17.5. The number of aromatic nitrogens is 3. The molecule has 3 aromatic heterocycles. The highest BCUT2D eigenvalue weighted by molar-refractivity contribution is 7.16. The molecule has 36 heavy (non-hydrogen) atoms. The Morgan fingerprint density at radius 1 is 1.22 bits per heavy atom. The van der Waals surface area contributed by atoms with Crippen LogP contribution >= 0.6 is 11.3 Å². The molecule has 3 N–H and O–H groups in total. The summed E-state index contributed by atoms with van der Waals surface area (Å²) in [5, 5.41) is 10.6. The van der Waals surface area contributed by atoms with Gasteiger partial charge in [-0.05, 0) is 49.1 Å². The molecule has 1 atom stereocenters. The SMILES string of the molecule is COc1cc(NC(=O)NCCCNc2c3c(nc4ccccc24)CC(C(C)C)CC3)nc2scnc12. The van der Waals surface area contributed by atoms with Gasteiger partial charge < -0.3 is 15.4 Å². The predicted molar refractivity (Wildman–Crippen MR) is 146 cm³/mol. The Balaban J connectivity index is 1.19. The Morgan fingerprint density at radius 3 is 2.92 bits per heavy atom. The molecule has 4 aromatic rings. The summed E-state index contributed by atoms with van der Waals surface area (Å²) in [4.78, 5) is 26.9. The number of benzene rings is 1. The van der Waals surface area contributed by atoms with Crippen molar-refractivity contribution in [2.45, 2.75) is 39.5 Å². The maximum Gasteiger partial charge on any atom is 0.320 e. The summed E-state index contributed by atoms with van der Waals surface area (Å²) >= 11 is 1.41. The zero-order valence-corrected chi connectivity index (χ0v) is 21.7. The first-order valence-electron chi connectivity index (χ1n) is 12.5. The van der Waals surface area contributed by atoms with Crippen molar-refractivity contribution in [1.82, 2.24) is 20.3 Å². The number of methoxy groups -OCH3 is 1. The predicted octanol–water partition coefficient (Wildman–Crippen LogP) is 5.63. The van der Waals surface area contributed by atoms with Crippen LogP contribution in [0.3, 0.4) is 0 Å². The van der Waals surface area contributed by atoms with Crippen LogP contribution in [-0.2, 0) is 12.8 Å². The maximum atomic E-state index is 12.4. The van der Waals surface area contributed by atoms with E-state index in [1.54, 1.807) is 18.7 Å². The van der Waals surface area contributed by atoms with Crippen LogP contribution in [0.4, 0.5) is 16.3 Å². The average Bonchev–Trinajstić information content (AvgIpc) is 3.35. The minimum atomic E-state index is -0.292. The molecule has 1 aromatic carbocycles. The number of pyridine rings is 2. The molecule has 1 unspecified atom stereocenters. The molecule has 0 bridgehead atoms. The zero-order valence-electron chi connectivity index (χ0n) is 20.9. The van der Waals surface area contributed by atoms with Crippen molar-refractivity contribution in [2.75, 3.05) is 30.8 Å². The second kappa shape index (κ2) is 10.7. The number of carbonyl (C=O) groups excluding carboxylic acids is 1. The first-order valence-corrected chi connectivity index (χ1v) is 13.4. The smallest absolute Gasteiger partial charge is 0.320 e. The number of carbonyl (C=O) groups is 1. The number of nitrogens with one attached hydrogen (secondary N) is 3. The minimum absolute atomic E-state index is 0.292. The van der Waals surface area contributed by atoms with Gasteiger partial charge in [0.15, 0.2) is 5.75 Å². The highest BCUT2D eigenvalue weighted by Crippen LogP contribution is 2.37. The number of urea groups is 1. The summed E-state index contributed by atoms with van der Waals surface area (Å²) < 4.78 is 5.37. The molecule has 5 rings (SSSR count). The van der Waals surface area contributed by atoms with Gasteiger partial charge in [0.25, 0.3) is 0 Å².